The molecule has 0 saturated carbocycles. The Kier molecular flexibility index (Phi) is 3.30. The molecule has 0 aliphatic heterocycles. The minimum absolute atomic E-state index is 0.910. The van der Waals surface area contributed by atoms with E-state index >= 15 is 0 Å². The Morgan fingerprint density at radius 3 is 2.27 bits per heavy atom. The van der Waals surface area contributed by atoms with Crippen molar-refractivity contribution in [3.63, 3.8) is 0 Å². The molecule has 0 aliphatic rings. The first-order valence-electron chi connectivity index (χ1n) is 2.30. The number of hydrogen-bond donors (Lipinski definition) is 0. The van der Waals surface area contributed by atoms with Crippen molar-refractivity contribution in [3.05, 3.63) is 0 Å². The van der Waals surface area contributed by atoms with Crippen LogP contribution in [0.5, 0.6) is 0 Å². The van der Waals surface area contributed by atoms with Crippen LogP contribution in [0, 0.1) is 0 Å². The molecule has 0 aliphatic carbocycles. The van der Waals surface area contributed by atoms with E-state index in [0.29, 0.717) is 0 Å². The zero-order valence-electron chi connectivity index (χ0n) is 5.41. The summed E-state index contributed by atoms with van der Waals surface area (Å²) in [6.07, 6.45) is 0. The first-order valence-corrected chi connectivity index (χ1v) is 3.71. The lowest BCUT2D eigenvalue weighted by Crippen LogP contribution is -2.33. The van der Waals surface area contributed by atoms with Crippen LogP contribution >= 0.6 is 0 Å². The normalized spacial score (nSPS) is 13.5. The third-order valence-corrected chi connectivity index (χ3v) is 1.56. The smallest absolute Gasteiger partial charge is 0.360 e. The molecule has 0 heterocycles. The highest BCUT2D eigenvalue weighted by Crippen LogP contribution is 2.20. The summed E-state index contributed by atoms with van der Waals surface area (Å²) in [6.45, 7) is -1.60. The average Bonchev–Trinajstić information content (AvgIpc) is 1.81. The van der Waals surface area contributed by atoms with Crippen molar-refractivity contribution in [1.29, 1.82) is 0 Å². The second-order valence-electron chi connectivity index (χ2n) is 1.52. The molecule has 0 spiro atoms. The monoisotopic (exact) mass is 191 g/mol. The van der Waals surface area contributed by atoms with Gasteiger partial charge in [-0.05, 0) is 0 Å². The van der Waals surface area contributed by atoms with Crippen LogP contribution in [0.4, 0.5) is 8.78 Å². The predicted octanol–water partition coefficient (Wildman–Crippen LogP) is -0.298. The second kappa shape index (κ2) is 3.39. The van der Waals surface area contributed by atoms with Crippen LogP contribution in [0.3, 0.4) is 0 Å². The Morgan fingerprint density at radius 2 is 2.00 bits per heavy atom. The maximum absolute atomic E-state index is 12.0. The first kappa shape index (κ1) is 10.7. The molecule has 5 nitrogen and oxygen atoms in total. The van der Waals surface area contributed by atoms with Gasteiger partial charge < -0.3 is 4.55 Å². The molecule has 0 N–H and O–H groups in total. The zero-order chi connectivity index (χ0) is 9.12. The van der Waals surface area contributed by atoms with Crippen LogP contribution in [-0.4, -0.2) is 31.9 Å². The Bertz CT molecular complexity index is 210. The SMILES string of the molecule is COOCC(F)(F)S(=O)(=O)[O-]. The largest absolute Gasteiger partial charge is 0.743 e. The van der Waals surface area contributed by atoms with E-state index < -0.39 is 22.0 Å². The molecule has 0 aromatic rings. The van der Waals surface area contributed by atoms with Gasteiger partial charge in [0.1, 0.15) is 0 Å². The van der Waals surface area contributed by atoms with Gasteiger partial charge in [-0.25, -0.2) is 18.2 Å². The summed E-state index contributed by atoms with van der Waals surface area (Å²) in [5.74, 6) is 0. The van der Waals surface area contributed by atoms with E-state index in [0.717, 1.165) is 7.11 Å². The van der Waals surface area contributed by atoms with Crippen LogP contribution in [-0.2, 0) is 19.9 Å². The number of hydrogen-bond acceptors (Lipinski definition) is 5. The minimum atomic E-state index is -5.66. The fourth-order valence-electron chi connectivity index (χ4n) is 0.200. The van der Waals surface area contributed by atoms with Gasteiger partial charge >= 0.3 is 5.25 Å². The van der Waals surface area contributed by atoms with Gasteiger partial charge in [0, 0.05) is 0 Å². The van der Waals surface area contributed by atoms with Gasteiger partial charge in [-0.3, -0.25) is 0 Å². The molecule has 0 rings (SSSR count). The summed E-state index contributed by atoms with van der Waals surface area (Å²) in [5.41, 5.74) is 0. The van der Waals surface area contributed by atoms with Crippen molar-refractivity contribution in [2.24, 2.45) is 0 Å². The number of alkyl halides is 2. The van der Waals surface area contributed by atoms with Crippen molar-refractivity contribution in [2.75, 3.05) is 13.7 Å². The highest BCUT2D eigenvalue weighted by atomic mass is 32.2. The summed E-state index contributed by atoms with van der Waals surface area (Å²) < 4.78 is 53.2. The lowest BCUT2D eigenvalue weighted by atomic mass is 10.8. The molecule has 0 unspecified atom stereocenters. The van der Waals surface area contributed by atoms with Crippen molar-refractivity contribution in [3.8, 4) is 0 Å². The molecule has 8 heteroatoms. The number of rotatable bonds is 4. The third kappa shape index (κ3) is 3.06. The van der Waals surface area contributed by atoms with Gasteiger partial charge in [0.15, 0.2) is 16.7 Å². The summed E-state index contributed by atoms with van der Waals surface area (Å²) in [5, 5.41) is -4.44. The van der Waals surface area contributed by atoms with E-state index in [1.165, 1.54) is 0 Å². The molecule has 68 valence electrons. The van der Waals surface area contributed by atoms with Gasteiger partial charge in [-0.2, -0.15) is 8.78 Å². The molecule has 0 atom stereocenters. The molecule has 11 heavy (non-hydrogen) atoms. The van der Waals surface area contributed by atoms with Crippen molar-refractivity contribution in [2.45, 2.75) is 5.25 Å². The molecule has 0 aromatic carbocycles. The summed E-state index contributed by atoms with van der Waals surface area (Å²) in [7, 11) is -4.75. The lowest BCUT2D eigenvalue weighted by Gasteiger charge is -2.18. The zero-order valence-corrected chi connectivity index (χ0v) is 6.23. The molecule has 0 bridgehead atoms. The van der Waals surface area contributed by atoms with Crippen LogP contribution in [0.15, 0.2) is 0 Å². The predicted molar refractivity (Wildman–Crippen MR) is 27.6 cm³/mol. The maximum atomic E-state index is 12.0. The van der Waals surface area contributed by atoms with Crippen molar-refractivity contribution < 1.29 is 31.5 Å². The highest BCUT2D eigenvalue weighted by molar-refractivity contribution is 7.86. The summed E-state index contributed by atoms with van der Waals surface area (Å²) in [4.78, 5) is 7.29. The van der Waals surface area contributed by atoms with E-state index in [2.05, 4.69) is 9.78 Å². The van der Waals surface area contributed by atoms with Crippen LogP contribution in [0.2, 0.25) is 0 Å². The van der Waals surface area contributed by atoms with E-state index in [1.807, 2.05) is 0 Å². The Labute approximate surface area is 61.6 Å². The van der Waals surface area contributed by atoms with Crippen LogP contribution in [0.1, 0.15) is 0 Å². The van der Waals surface area contributed by atoms with Crippen LogP contribution in [0.25, 0.3) is 0 Å². The van der Waals surface area contributed by atoms with E-state index in [4.69, 9.17) is 0 Å². The molecule has 0 fully saturated rings. The fourth-order valence-corrected chi connectivity index (χ4v) is 0.392. The average molecular weight is 191 g/mol. The van der Waals surface area contributed by atoms with Gasteiger partial charge in [0.2, 0.25) is 0 Å². The molecule has 0 saturated heterocycles. The summed E-state index contributed by atoms with van der Waals surface area (Å²) in [6, 6.07) is 0. The Hall–Kier alpha value is -0.310. The lowest BCUT2D eigenvalue weighted by molar-refractivity contribution is -0.293. The standard InChI is InChI=1S/C3H6F2O5S/c1-9-10-2-3(4,5)11(6,7)8/h2H2,1H3,(H,6,7,8)/p-1. The molecular weight excluding hydrogens is 186 g/mol. The van der Waals surface area contributed by atoms with Crippen molar-refractivity contribution >= 4 is 10.1 Å². The molecule has 0 radical (unpaired) electrons. The van der Waals surface area contributed by atoms with Gasteiger partial charge in [0.25, 0.3) is 0 Å². The number of halogens is 2. The fraction of sp³-hybridized carbons (Fsp3) is 1.00. The van der Waals surface area contributed by atoms with Crippen molar-refractivity contribution in [1.82, 2.24) is 0 Å². The van der Waals surface area contributed by atoms with Crippen LogP contribution < -0.4 is 0 Å². The van der Waals surface area contributed by atoms with E-state index in [-0.39, 0.29) is 0 Å². The van der Waals surface area contributed by atoms with Gasteiger partial charge in [-0.15, -0.1) is 0 Å². The molecule has 0 aromatic heterocycles. The minimum Gasteiger partial charge on any atom is -0.743 e. The van der Waals surface area contributed by atoms with Gasteiger partial charge in [0.05, 0.1) is 7.11 Å². The van der Waals surface area contributed by atoms with E-state index in [1.54, 1.807) is 0 Å². The highest BCUT2D eigenvalue weighted by Gasteiger charge is 2.38. The Balaban J connectivity index is 4.24. The maximum Gasteiger partial charge on any atom is 0.360 e. The molecule has 0 amide bonds. The summed E-state index contributed by atoms with van der Waals surface area (Å²) >= 11 is 0. The van der Waals surface area contributed by atoms with Gasteiger partial charge in [-0.1, -0.05) is 0 Å². The van der Waals surface area contributed by atoms with E-state index in [9.17, 15) is 21.8 Å². The first-order chi connectivity index (χ1) is 4.81. The quantitative estimate of drug-likeness (QED) is 0.346. The topological polar surface area (TPSA) is 75.7 Å². The third-order valence-electron chi connectivity index (χ3n) is 0.711. The Morgan fingerprint density at radius 1 is 1.55 bits per heavy atom. The molecular formula is C3H5F2O5S-. The second-order valence-corrected chi connectivity index (χ2v) is 3.03.